The summed E-state index contributed by atoms with van der Waals surface area (Å²) in [5.41, 5.74) is 3.46. The Kier molecular flexibility index (Phi) is 2.16. The second kappa shape index (κ2) is 3.77. The number of benzene rings is 1. The summed E-state index contributed by atoms with van der Waals surface area (Å²) in [5.74, 6) is 2.33. The second-order valence-electron chi connectivity index (χ2n) is 5.69. The molecule has 2 unspecified atom stereocenters. The summed E-state index contributed by atoms with van der Waals surface area (Å²) in [4.78, 5) is 9.43. The van der Waals surface area contributed by atoms with E-state index in [1.807, 2.05) is 0 Å². The van der Waals surface area contributed by atoms with Gasteiger partial charge >= 0.3 is 0 Å². The fourth-order valence-electron chi connectivity index (χ4n) is 2.80. The van der Waals surface area contributed by atoms with Gasteiger partial charge < -0.3 is 0 Å². The van der Waals surface area contributed by atoms with Gasteiger partial charge in [0.15, 0.2) is 5.82 Å². The lowest BCUT2D eigenvalue weighted by atomic mass is 10.1. The summed E-state index contributed by atoms with van der Waals surface area (Å²) < 4.78 is 0. The number of fused-ring (bicyclic) bond motifs is 2. The van der Waals surface area contributed by atoms with Crippen LogP contribution in [0.4, 0.5) is 0 Å². The van der Waals surface area contributed by atoms with Crippen molar-refractivity contribution in [2.75, 3.05) is 0 Å². The number of aromatic nitrogens is 2. The first-order valence-corrected chi connectivity index (χ1v) is 6.86. The van der Waals surface area contributed by atoms with Crippen LogP contribution >= 0.6 is 0 Å². The van der Waals surface area contributed by atoms with E-state index in [-0.39, 0.29) is 0 Å². The lowest BCUT2D eigenvalue weighted by molar-refractivity contribution is 0.985. The molecule has 0 saturated heterocycles. The normalized spacial score (nSPS) is 22.8. The van der Waals surface area contributed by atoms with Gasteiger partial charge in [-0.25, -0.2) is 9.97 Å². The monoisotopic (exact) mass is 248 g/mol. The standard InChI is InChI=1S/C17H16N2/c1-10-3-5-12(6-4-10)17-18-11(2)15-8-13-7-14(13)9-16(15)19-17/h3-6,8-9,13-14H,7H2,1-2H3. The first kappa shape index (κ1) is 10.9. The summed E-state index contributed by atoms with van der Waals surface area (Å²) in [6.07, 6.45) is 5.97. The maximum absolute atomic E-state index is 4.75. The Morgan fingerprint density at radius 3 is 2.47 bits per heavy atom. The van der Waals surface area contributed by atoms with Crippen molar-refractivity contribution < 1.29 is 0 Å². The van der Waals surface area contributed by atoms with Gasteiger partial charge in [-0.2, -0.15) is 0 Å². The Balaban J connectivity index is 1.92. The fraction of sp³-hybridized carbons (Fsp3) is 0.294. The van der Waals surface area contributed by atoms with Gasteiger partial charge in [-0.1, -0.05) is 42.0 Å². The molecule has 1 aromatic heterocycles. The third-order valence-electron chi connectivity index (χ3n) is 4.12. The Morgan fingerprint density at radius 2 is 1.68 bits per heavy atom. The molecule has 2 nitrogen and oxygen atoms in total. The number of hydrogen-bond acceptors (Lipinski definition) is 2. The van der Waals surface area contributed by atoms with Gasteiger partial charge in [0.25, 0.3) is 0 Å². The Bertz CT molecular complexity index is 772. The smallest absolute Gasteiger partial charge is 0.160 e. The van der Waals surface area contributed by atoms with Crippen molar-refractivity contribution in [3.8, 4) is 11.4 Å². The predicted octanol–water partition coefficient (Wildman–Crippen LogP) is 1.97. The van der Waals surface area contributed by atoms with Crippen LogP contribution in [0.5, 0.6) is 0 Å². The van der Waals surface area contributed by atoms with Crippen LogP contribution < -0.4 is 10.6 Å². The van der Waals surface area contributed by atoms with E-state index >= 15 is 0 Å². The molecule has 0 aliphatic heterocycles. The summed E-state index contributed by atoms with van der Waals surface area (Å²) in [6, 6.07) is 8.42. The van der Waals surface area contributed by atoms with Crippen molar-refractivity contribution in [2.45, 2.75) is 20.3 Å². The van der Waals surface area contributed by atoms with Crippen LogP contribution in [0.1, 0.15) is 17.7 Å². The number of rotatable bonds is 1. The third-order valence-corrected chi connectivity index (χ3v) is 4.12. The van der Waals surface area contributed by atoms with E-state index in [1.165, 1.54) is 17.2 Å². The lowest BCUT2D eigenvalue weighted by Gasteiger charge is -2.06. The van der Waals surface area contributed by atoms with E-state index in [0.717, 1.165) is 34.3 Å². The van der Waals surface area contributed by atoms with Crippen LogP contribution in [-0.4, -0.2) is 9.97 Å². The van der Waals surface area contributed by atoms with E-state index < -0.39 is 0 Å². The molecule has 2 atom stereocenters. The number of aryl methyl sites for hydroxylation is 2. The molecule has 1 heterocycles. The SMILES string of the molecule is Cc1ccc(-c2nc(C)c3c(n2)=CC2CC2C=3)cc1. The van der Waals surface area contributed by atoms with Gasteiger partial charge in [0.1, 0.15) is 0 Å². The van der Waals surface area contributed by atoms with Crippen LogP contribution in [0.25, 0.3) is 23.5 Å². The van der Waals surface area contributed by atoms with Crippen molar-refractivity contribution in [3.05, 3.63) is 46.1 Å². The fourth-order valence-corrected chi connectivity index (χ4v) is 2.80. The average molecular weight is 248 g/mol. The summed E-state index contributed by atoms with van der Waals surface area (Å²) in [6.45, 7) is 4.18. The zero-order valence-electron chi connectivity index (χ0n) is 11.2. The minimum Gasteiger partial charge on any atom is -0.233 e. The molecule has 1 saturated carbocycles. The maximum Gasteiger partial charge on any atom is 0.160 e. The van der Waals surface area contributed by atoms with Gasteiger partial charge in [-0.15, -0.1) is 0 Å². The second-order valence-corrected chi connectivity index (χ2v) is 5.69. The molecule has 0 radical (unpaired) electrons. The van der Waals surface area contributed by atoms with Crippen LogP contribution in [0.15, 0.2) is 24.3 Å². The van der Waals surface area contributed by atoms with Gasteiger partial charge in [-0.05, 0) is 32.1 Å². The molecule has 4 rings (SSSR count). The Morgan fingerprint density at radius 1 is 0.947 bits per heavy atom. The van der Waals surface area contributed by atoms with E-state index in [9.17, 15) is 0 Å². The highest BCUT2D eigenvalue weighted by atomic mass is 14.9. The lowest BCUT2D eigenvalue weighted by Crippen LogP contribution is -2.34. The molecular formula is C17H16N2. The Labute approximate surface area is 112 Å². The quantitative estimate of drug-likeness (QED) is 0.771. The summed E-state index contributed by atoms with van der Waals surface area (Å²) >= 11 is 0. The van der Waals surface area contributed by atoms with Crippen molar-refractivity contribution in [1.29, 1.82) is 0 Å². The van der Waals surface area contributed by atoms with Gasteiger partial charge in [0, 0.05) is 16.5 Å². The largest absolute Gasteiger partial charge is 0.233 e. The highest BCUT2D eigenvalue weighted by molar-refractivity contribution is 5.57. The third kappa shape index (κ3) is 1.79. The maximum atomic E-state index is 4.75. The van der Waals surface area contributed by atoms with Crippen LogP contribution in [0.2, 0.25) is 0 Å². The molecular weight excluding hydrogens is 232 g/mol. The number of hydrogen-bond donors (Lipinski definition) is 0. The van der Waals surface area contributed by atoms with Crippen molar-refractivity contribution in [1.82, 2.24) is 9.97 Å². The van der Waals surface area contributed by atoms with E-state index in [2.05, 4.69) is 55.2 Å². The molecule has 2 aromatic rings. The zero-order chi connectivity index (χ0) is 13.0. The summed E-state index contributed by atoms with van der Waals surface area (Å²) in [5, 5.41) is 2.37. The van der Waals surface area contributed by atoms with Crippen molar-refractivity contribution >= 4 is 12.2 Å². The minimum absolute atomic E-state index is 0.729. The van der Waals surface area contributed by atoms with E-state index in [1.54, 1.807) is 0 Å². The molecule has 1 aromatic carbocycles. The molecule has 0 amide bonds. The molecule has 94 valence electrons. The molecule has 2 heteroatoms. The highest BCUT2D eigenvalue weighted by Crippen LogP contribution is 2.41. The molecule has 2 aliphatic carbocycles. The first-order chi connectivity index (χ1) is 9.20. The van der Waals surface area contributed by atoms with Crippen LogP contribution in [0, 0.1) is 25.7 Å². The molecule has 1 fully saturated rings. The highest BCUT2D eigenvalue weighted by Gasteiger charge is 2.35. The van der Waals surface area contributed by atoms with Crippen molar-refractivity contribution in [2.24, 2.45) is 11.8 Å². The van der Waals surface area contributed by atoms with Gasteiger partial charge in [0.05, 0.1) is 5.35 Å². The topological polar surface area (TPSA) is 25.8 Å². The van der Waals surface area contributed by atoms with E-state index in [0.29, 0.717) is 0 Å². The zero-order valence-corrected chi connectivity index (χ0v) is 11.2. The average Bonchev–Trinajstić information content (AvgIpc) is 3.15. The minimum atomic E-state index is 0.729. The molecule has 0 N–H and O–H groups in total. The van der Waals surface area contributed by atoms with Crippen molar-refractivity contribution in [3.63, 3.8) is 0 Å². The Hall–Kier alpha value is -1.96. The molecule has 2 aliphatic rings. The predicted molar refractivity (Wildman–Crippen MR) is 76.7 cm³/mol. The van der Waals surface area contributed by atoms with Crippen LogP contribution in [-0.2, 0) is 0 Å². The molecule has 0 bridgehead atoms. The number of nitrogens with zero attached hydrogens (tertiary/aromatic N) is 2. The molecule has 19 heavy (non-hydrogen) atoms. The summed E-state index contributed by atoms with van der Waals surface area (Å²) in [7, 11) is 0. The molecule has 0 spiro atoms. The van der Waals surface area contributed by atoms with E-state index in [4.69, 9.17) is 4.98 Å². The van der Waals surface area contributed by atoms with Crippen LogP contribution in [0.3, 0.4) is 0 Å². The van der Waals surface area contributed by atoms with Gasteiger partial charge in [0.2, 0.25) is 0 Å². The van der Waals surface area contributed by atoms with Gasteiger partial charge in [-0.3, -0.25) is 0 Å². The first-order valence-electron chi connectivity index (χ1n) is 6.86.